The van der Waals surface area contributed by atoms with E-state index >= 15 is 0 Å². The molecule has 2 aliphatic rings. The zero-order valence-electron chi connectivity index (χ0n) is 6.02. The fraction of sp³-hybridized carbons (Fsp3) is 1.00. The first-order valence-corrected chi connectivity index (χ1v) is 4.94. The third-order valence-corrected chi connectivity index (χ3v) is 3.53. The highest BCUT2D eigenvalue weighted by atomic mass is 127. The standard InChI is InChI=1S/C7H13IN2/c8-10-2-1-6-3-9-4-7(6)5-10/h6-7,9H,1-5H2/t6-,7-/m0/s1. The van der Waals surface area contributed by atoms with Crippen molar-refractivity contribution < 1.29 is 0 Å². The molecule has 0 radical (unpaired) electrons. The highest BCUT2D eigenvalue weighted by molar-refractivity contribution is 14.1. The maximum Gasteiger partial charge on any atom is 0.0201 e. The van der Waals surface area contributed by atoms with E-state index in [1.165, 1.54) is 32.6 Å². The molecule has 0 unspecified atom stereocenters. The number of nitrogens with one attached hydrogen (secondary N) is 1. The number of hydrogen-bond donors (Lipinski definition) is 1. The van der Waals surface area contributed by atoms with Gasteiger partial charge in [0.2, 0.25) is 0 Å². The van der Waals surface area contributed by atoms with E-state index in [-0.39, 0.29) is 0 Å². The van der Waals surface area contributed by atoms with Crippen LogP contribution < -0.4 is 5.32 Å². The molecule has 0 aromatic rings. The molecule has 3 heteroatoms. The zero-order valence-corrected chi connectivity index (χ0v) is 8.17. The number of rotatable bonds is 0. The van der Waals surface area contributed by atoms with Crippen molar-refractivity contribution in [3.05, 3.63) is 0 Å². The smallest absolute Gasteiger partial charge is 0.0201 e. The van der Waals surface area contributed by atoms with Gasteiger partial charge in [-0.2, -0.15) is 0 Å². The minimum atomic E-state index is 0.950. The van der Waals surface area contributed by atoms with Gasteiger partial charge >= 0.3 is 0 Å². The number of piperidine rings is 1. The molecule has 2 atom stereocenters. The van der Waals surface area contributed by atoms with Gasteiger partial charge in [0.05, 0.1) is 0 Å². The van der Waals surface area contributed by atoms with E-state index in [9.17, 15) is 0 Å². The van der Waals surface area contributed by atoms with Gasteiger partial charge < -0.3 is 5.32 Å². The first kappa shape index (κ1) is 7.31. The summed E-state index contributed by atoms with van der Waals surface area (Å²) in [7, 11) is 0. The lowest BCUT2D eigenvalue weighted by Crippen LogP contribution is -2.33. The highest BCUT2D eigenvalue weighted by Gasteiger charge is 2.31. The van der Waals surface area contributed by atoms with E-state index < -0.39 is 0 Å². The van der Waals surface area contributed by atoms with Crippen molar-refractivity contribution in [3.8, 4) is 0 Å². The van der Waals surface area contributed by atoms with Crippen LogP contribution in [-0.2, 0) is 0 Å². The Hall–Kier alpha value is 0.650. The summed E-state index contributed by atoms with van der Waals surface area (Å²) in [5.41, 5.74) is 0. The molecular formula is C7H13IN2. The molecule has 1 N–H and O–H groups in total. The van der Waals surface area contributed by atoms with Crippen LogP contribution in [0, 0.1) is 11.8 Å². The summed E-state index contributed by atoms with van der Waals surface area (Å²) in [5.74, 6) is 1.94. The summed E-state index contributed by atoms with van der Waals surface area (Å²) in [5, 5.41) is 3.45. The molecule has 0 spiro atoms. The van der Waals surface area contributed by atoms with Crippen LogP contribution in [0.15, 0.2) is 0 Å². The second-order valence-electron chi connectivity index (χ2n) is 3.34. The van der Waals surface area contributed by atoms with Crippen molar-refractivity contribution in [2.75, 3.05) is 26.2 Å². The maximum atomic E-state index is 3.45. The Labute approximate surface area is 75.8 Å². The van der Waals surface area contributed by atoms with E-state index in [0.717, 1.165) is 11.8 Å². The van der Waals surface area contributed by atoms with Crippen LogP contribution in [0.4, 0.5) is 0 Å². The molecule has 2 rings (SSSR count). The molecule has 0 aromatic heterocycles. The average molecular weight is 252 g/mol. The van der Waals surface area contributed by atoms with Gasteiger partial charge in [0.25, 0.3) is 0 Å². The monoisotopic (exact) mass is 252 g/mol. The second-order valence-corrected chi connectivity index (χ2v) is 4.70. The summed E-state index contributed by atoms with van der Waals surface area (Å²) in [6.45, 7) is 5.13. The second kappa shape index (κ2) is 2.95. The quantitative estimate of drug-likeness (QED) is 0.508. The third-order valence-electron chi connectivity index (χ3n) is 2.65. The first-order chi connectivity index (χ1) is 4.86. The summed E-state index contributed by atoms with van der Waals surface area (Å²) >= 11 is 2.44. The summed E-state index contributed by atoms with van der Waals surface area (Å²) in [4.78, 5) is 0. The molecule has 0 aliphatic carbocycles. The Morgan fingerprint density at radius 3 is 3.00 bits per heavy atom. The Morgan fingerprint density at radius 2 is 2.10 bits per heavy atom. The van der Waals surface area contributed by atoms with Gasteiger partial charge in [-0.1, -0.05) is 0 Å². The fourth-order valence-corrected chi connectivity index (χ4v) is 2.77. The minimum Gasteiger partial charge on any atom is -0.316 e. The van der Waals surface area contributed by atoms with E-state index in [2.05, 4.69) is 31.3 Å². The van der Waals surface area contributed by atoms with Gasteiger partial charge in [-0.25, -0.2) is 3.11 Å². The molecule has 2 heterocycles. The Kier molecular flexibility index (Phi) is 2.15. The lowest BCUT2D eigenvalue weighted by atomic mass is 9.90. The van der Waals surface area contributed by atoms with Crippen LogP contribution in [0.25, 0.3) is 0 Å². The van der Waals surface area contributed by atoms with Crippen LogP contribution in [0.1, 0.15) is 6.42 Å². The predicted octanol–water partition coefficient (Wildman–Crippen LogP) is 0.878. The minimum absolute atomic E-state index is 0.950. The molecule has 0 aromatic carbocycles. The number of nitrogens with zero attached hydrogens (tertiary/aromatic N) is 1. The normalized spacial score (nSPS) is 41.7. The SMILES string of the molecule is IN1CC[C@H]2CNC[C@H]2C1. The zero-order chi connectivity index (χ0) is 6.97. The van der Waals surface area contributed by atoms with Crippen LogP contribution in [0.2, 0.25) is 0 Å². The fourth-order valence-electron chi connectivity index (χ4n) is 1.99. The van der Waals surface area contributed by atoms with Crippen LogP contribution in [0.3, 0.4) is 0 Å². The summed E-state index contributed by atoms with van der Waals surface area (Å²) in [6.07, 6.45) is 1.40. The van der Waals surface area contributed by atoms with E-state index in [1.54, 1.807) is 0 Å². The first-order valence-electron chi connectivity index (χ1n) is 3.97. The molecule has 2 fully saturated rings. The third kappa shape index (κ3) is 1.31. The van der Waals surface area contributed by atoms with E-state index in [0.29, 0.717) is 0 Å². The van der Waals surface area contributed by atoms with Crippen molar-refractivity contribution in [1.82, 2.24) is 8.43 Å². The van der Waals surface area contributed by atoms with Crippen LogP contribution >= 0.6 is 22.9 Å². The molecule has 0 bridgehead atoms. The number of hydrogen-bond acceptors (Lipinski definition) is 2. The molecule has 2 aliphatic heterocycles. The molecular weight excluding hydrogens is 239 g/mol. The van der Waals surface area contributed by atoms with Crippen molar-refractivity contribution in [1.29, 1.82) is 0 Å². The largest absolute Gasteiger partial charge is 0.316 e. The lowest BCUT2D eigenvalue weighted by Gasteiger charge is -2.29. The van der Waals surface area contributed by atoms with Gasteiger partial charge in [0.15, 0.2) is 0 Å². The molecule has 0 saturated carbocycles. The lowest BCUT2D eigenvalue weighted by molar-refractivity contribution is 0.257. The molecule has 2 nitrogen and oxygen atoms in total. The Morgan fingerprint density at radius 1 is 1.30 bits per heavy atom. The topological polar surface area (TPSA) is 15.3 Å². The average Bonchev–Trinajstić information content (AvgIpc) is 2.33. The predicted molar refractivity (Wildman–Crippen MR) is 50.1 cm³/mol. The highest BCUT2D eigenvalue weighted by Crippen LogP contribution is 2.27. The molecule has 10 heavy (non-hydrogen) atoms. The van der Waals surface area contributed by atoms with Crippen molar-refractivity contribution in [2.24, 2.45) is 11.8 Å². The molecule has 2 saturated heterocycles. The van der Waals surface area contributed by atoms with Gasteiger partial charge in [0, 0.05) is 36.0 Å². The summed E-state index contributed by atoms with van der Waals surface area (Å²) < 4.78 is 2.42. The summed E-state index contributed by atoms with van der Waals surface area (Å²) in [6, 6.07) is 0. The Bertz CT molecular complexity index is 129. The van der Waals surface area contributed by atoms with Gasteiger partial charge in [-0.15, -0.1) is 0 Å². The van der Waals surface area contributed by atoms with Crippen LogP contribution in [0.5, 0.6) is 0 Å². The Balaban J connectivity index is 1.96. The van der Waals surface area contributed by atoms with Gasteiger partial charge in [-0.3, -0.25) is 0 Å². The number of fused-ring (bicyclic) bond motifs is 1. The molecule has 58 valence electrons. The molecule has 0 amide bonds. The van der Waals surface area contributed by atoms with E-state index in [4.69, 9.17) is 0 Å². The van der Waals surface area contributed by atoms with Crippen molar-refractivity contribution >= 4 is 22.9 Å². The van der Waals surface area contributed by atoms with E-state index in [1.807, 2.05) is 0 Å². The van der Waals surface area contributed by atoms with Crippen molar-refractivity contribution in [3.63, 3.8) is 0 Å². The van der Waals surface area contributed by atoms with Crippen LogP contribution in [-0.4, -0.2) is 29.3 Å². The van der Waals surface area contributed by atoms with Crippen molar-refractivity contribution in [2.45, 2.75) is 6.42 Å². The van der Waals surface area contributed by atoms with Gasteiger partial charge in [0.1, 0.15) is 0 Å². The number of halogens is 1. The van der Waals surface area contributed by atoms with Gasteiger partial charge in [-0.05, 0) is 31.3 Å². The maximum absolute atomic E-state index is 3.45.